The van der Waals surface area contributed by atoms with Crippen LogP contribution in [0.1, 0.15) is 0 Å². The Balaban J connectivity index is 0.00000625. The van der Waals surface area contributed by atoms with Crippen LogP contribution in [0.15, 0.2) is 0 Å². The number of phosphoric acid groups is 2. The van der Waals surface area contributed by atoms with E-state index in [9.17, 15) is 34.4 Å². The van der Waals surface area contributed by atoms with E-state index in [2.05, 4.69) is 13.6 Å². The number of phosphoric ester groups is 2. The van der Waals surface area contributed by atoms with Crippen LogP contribution < -0.4 is 0 Å². The molecule has 152 valence electrons. The number of aliphatic hydroxyl groups excluding tert-OH is 6. The molecule has 0 radical (unpaired) electrons. The van der Waals surface area contributed by atoms with Crippen molar-refractivity contribution in [3.05, 3.63) is 0 Å². The van der Waals surface area contributed by atoms with Crippen molar-refractivity contribution < 1.29 is 87.5 Å². The van der Waals surface area contributed by atoms with Gasteiger partial charge in [-0.2, -0.15) is 0 Å². The predicted octanol–water partition coefficient (Wildman–Crippen LogP) is -4.23. The van der Waals surface area contributed by atoms with Gasteiger partial charge in [0.1, 0.15) is 42.7 Å². The molecule has 0 aromatic rings. The molecule has 1 saturated carbocycles. The zero-order chi connectivity index (χ0) is 19.6. The summed E-state index contributed by atoms with van der Waals surface area (Å²) in [7, 11) is -10.3. The van der Waals surface area contributed by atoms with E-state index in [1.54, 1.807) is 0 Å². The maximum Gasteiger partial charge on any atom is 0.472 e. The second-order valence-corrected chi connectivity index (χ2v) is 7.79. The summed E-state index contributed by atoms with van der Waals surface area (Å²) in [5, 5.41) is 56.6. The van der Waals surface area contributed by atoms with Gasteiger partial charge in [0.2, 0.25) is 0 Å². The number of hydrogen-bond donors (Lipinski definition) is 9. The summed E-state index contributed by atoms with van der Waals surface area (Å²) >= 11 is 0. The first-order valence-corrected chi connectivity index (χ1v) is 9.72. The van der Waals surface area contributed by atoms with Crippen molar-refractivity contribution in [2.75, 3.05) is 13.2 Å². The van der Waals surface area contributed by atoms with Crippen molar-refractivity contribution in [2.45, 2.75) is 42.7 Å². The van der Waals surface area contributed by atoms with Crippen molar-refractivity contribution >= 4 is 15.6 Å². The normalized spacial score (nSPS) is 36.0. The minimum Gasteiger partial charge on any atom is -0.394 e. The number of hydrogen-bond acceptors (Lipinski definition) is 11. The van der Waals surface area contributed by atoms with E-state index in [1.165, 1.54) is 0 Å². The topological polar surface area (TPSA) is 244 Å². The van der Waals surface area contributed by atoms with Gasteiger partial charge in [0.15, 0.2) is 0 Å². The summed E-state index contributed by atoms with van der Waals surface area (Å²) in [5.74, 6) is 0. The molecule has 9 N–H and O–H groups in total. The molecule has 0 bridgehead atoms. The molecule has 1 fully saturated rings. The SMILES string of the molecule is O=P(O)(O)O[C@@H]1[C@H](O)[C@H](OP(=O)(O)OCC(O)CO)[C@@H](O)[C@H](O)[C@H]1O.[Zn]. The molecule has 14 nitrogen and oxygen atoms in total. The van der Waals surface area contributed by atoms with E-state index in [1.807, 2.05) is 0 Å². The Kier molecular flexibility index (Phi) is 10.6. The van der Waals surface area contributed by atoms with Crippen LogP contribution in [-0.2, 0) is 42.2 Å². The monoisotopic (exact) mass is 478 g/mol. The molecule has 17 heteroatoms. The van der Waals surface area contributed by atoms with Crippen molar-refractivity contribution in [3.8, 4) is 0 Å². The fourth-order valence-electron chi connectivity index (χ4n) is 2.01. The van der Waals surface area contributed by atoms with E-state index < -0.39 is 71.6 Å². The van der Waals surface area contributed by atoms with Gasteiger partial charge < -0.3 is 45.3 Å². The first kappa shape index (κ1) is 26.6. The van der Waals surface area contributed by atoms with E-state index >= 15 is 0 Å². The molecule has 1 rings (SSSR count). The molecule has 0 heterocycles. The van der Waals surface area contributed by atoms with Crippen molar-refractivity contribution in [1.29, 1.82) is 0 Å². The first-order chi connectivity index (χ1) is 11.3. The standard InChI is InChI=1S/C9H20O14P2.Zn/c10-1-3(11)2-21-25(19,20)23-9-6(14)4(12)5(13)8(7(9)15)22-24(16,17)18;/h3-15H,1-2H2,(H,19,20)(H2,16,17,18);/t3?,4-,5-,6+,7+,8+,9-;/m1./s1. The third-order valence-corrected chi connectivity index (χ3v) is 4.70. The van der Waals surface area contributed by atoms with Crippen LogP contribution in [-0.4, -0.2) is 101 Å². The van der Waals surface area contributed by atoms with Gasteiger partial charge in [0, 0.05) is 19.5 Å². The maximum atomic E-state index is 11.7. The molecule has 26 heavy (non-hydrogen) atoms. The summed E-state index contributed by atoms with van der Waals surface area (Å²) in [5.41, 5.74) is 0. The zero-order valence-electron chi connectivity index (χ0n) is 13.1. The van der Waals surface area contributed by atoms with Gasteiger partial charge in [0.25, 0.3) is 0 Å². The molecule has 1 aliphatic rings. The third-order valence-electron chi connectivity index (χ3n) is 3.20. The minimum absolute atomic E-state index is 0. The Morgan fingerprint density at radius 3 is 1.73 bits per heavy atom. The van der Waals surface area contributed by atoms with E-state index in [0.29, 0.717) is 0 Å². The van der Waals surface area contributed by atoms with E-state index in [-0.39, 0.29) is 19.5 Å². The van der Waals surface area contributed by atoms with Gasteiger partial charge in [-0.25, -0.2) is 9.13 Å². The maximum absolute atomic E-state index is 11.7. The smallest absolute Gasteiger partial charge is 0.394 e. The molecule has 2 unspecified atom stereocenters. The molecule has 0 aliphatic heterocycles. The van der Waals surface area contributed by atoms with Gasteiger partial charge in [-0.15, -0.1) is 0 Å². The van der Waals surface area contributed by atoms with Gasteiger partial charge >= 0.3 is 15.6 Å². The average molecular weight is 480 g/mol. The van der Waals surface area contributed by atoms with Crippen LogP contribution >= 0.6 is 15.6 Å². The quantitative estimate of drug-likeness (QED) is 0.118. The largest absolute Gasteiger partial charge is 0.472 e. The minimum atomic E-state index is -5.25. The van der Waals surface area contributed by atoms with Crippen molar-refractivity contribution in [2.24, 2.45) is 0 Å². The Labute approximate surface area is 159 Å². The second kappa shape index (κ2) is 10.4. The molecule has 0 aromatic carbocycles. The molecule has 0 amide bonds. The first-order valence-electron chi connectivity index (χ1n) is 6.70. The fourth-order valence-corrected chi connectivity index (χ4v) is 3.55. The van der Waals surface area contributed by atoms with Crippen LogP contribution in [0.2, 0.25) is 0 Å². The summed E-state index contributed by atoms with van der Waals surface area (Å²) in [6.45, 7) is -1.67. The Morgan fingerprint density at radius 2 is 1.31 bits per heavy atom. The molecule has 0 aromatic heterocycles. The summed E-state index contributed by atoms with van der Waals surface area (Å²) < 4.78 is 35.5. The van der Waals surface area contributed by atoms with Crippen LogP contribution in [0.5, 0.6) is 0 Å². The van der Waals surface area contributed by atoms with Crippen molar-refractivity contribution in [1.82, 2.24) is 0 Å². The molecule has 1 aliphatic carbocycles. The Bertz CT molecular complexity index is 529. The summed E-state index contributed by atoms with van der Waals surface area (Å²) in [6.07, 6.45) is -14.6. The Hall–Kier alpha value is 0.603. The predicted molar refractivity (Wildman–Crippen MR) is 74.7 cm³/mol. The number of aliphatic hydroxyl groups is 6. The summed E-state index contributed by atoms with van der Waals surface area (Å²) in [6, 6.07) is 0. The summed E-state index contributed by atoms with van der Waals surface area (Å²) in [4.78, 5) is 27.0. The number of rotatable bonds is 8. The van der Waals surface area contributed by atoms with Gasteiger partial charge in [-0.1, -0.05) is 0 Å². The van der Waals surface area contributed by atoms with Gasteiger partial charge in [-0.3, -0.25) is 13.6 Å². The second-order valence-electron chi connectivity index (χ2n) is 5.19. The van der Waals surface area contributed by atoms with Crippen LogP contribution in [0.4, 0.5) is 0 Å². The average Bonchev–Trinajstić information content (AvgIpc) is 2.50. The third kappa shape index (κ3) is 7.55. The molecule has 0 saturated heterocycles. The van der Waals surface area contributed by atoms with Gasteiger partial charge in [-0.05, 0) is 0 Å². The molecular formula is C9H20O14P2Zn. The van der Waals surface area contributed by atoms with Gasteiger partial charge in [0.05, 0.1) is 13.2 Å². The fraction of sp³-hybridized carbons (Fsp3) is 1.00. The van der Waals surface area contributed by atoms with Crippen LogP contribution in [0, 0.1) is 0 Å². The molecule has 0 spiro atoms. The molecule has 8 atom stereocenters. The van der Waals surface area contributed by atoms with Crippen LogP contribution in [0.3, 0.4) is 0 Å². The zero-order valence-corrected chi connectivity index (χ0v) is 17.9. The molecular weight excluding hydrogens is 459 g/mol. The van der Waals surface area contributed by atoms with E-state index in [4.69, 9.17) is 20.0 Å². The van der Waals surface area contributed by atoms with Crippen LogP contribution in [0.25, 0.3) is 0 Å². The van der Waals surface area contributed by atoms with E-state index in [0.717, 1.165) is 0 Å². The van der Waals surface area contributed by atoms with Crippen molar-refractivity contribution in [3.63, 3.8) is 0 Å². The Morgan fingerprint density at radius 1 is 0.846 bits per heavy atom.